The summed E-state index contributed by atoms with van der Waals surface area (Å²) in [5.41, 5.74) is 0.854. The van der Waals surface area contributed by atoms with Gasteiger partial charge < -0.3 is 9.64 Å². The maximum atomic E-state index is 13.2. The number of rotatable bonds is 7. The largest absolute Gasteiger partial charge is 0.494 e. The predicted octanol–water partition coefficient (Wildman–Crippen LogP) is 3.84. The molecule has 1 heterocycles. The van der Waals surface area contributed by atoms with Crippen LogP contribution < -0.4 is 4.74 Å². The molecular weight excluding hydrogens is 419 g/mol. The third kappa shape index (κ3) is 5.25. The molecule has 1 amide bonds. The van der Waals surface area contributed by atoms with Crippen LogP contribution in [0.15, 0.2) is 53.4 Å². The summed E-state index contributed by atoms with van der Waals surface area (Å²) in [5, 5.41) is 0. The molecule has 1 aliphatic heterocycles. The van der Waals surface area contributed by atoms with Gasteiger partial charge in [-0.2, -0.15) is 4.31 Å². The van der Waals surface area contributed by atoms with E-state index < -0.39 is 10.0 Å². The van der Waals surface area contributed by atoms with Crippen LogP contribution in [0.5, 0.6) is 5.75 Å². The molecule has 1 atom stereocenters. The summed E-state index contributed by atoms with van der Waals surface area (Å²) in [4.78, 5) is 14.9. The van der Waals surface area contributed by atoms with Crippen molar-refractivity contribution < 1.29 is 22.3 Å². The Bertz CT molecular complexity index is 985. The lowest BCUT2D eigenvalue weighted by Gasteiger charge is -2.34. The van der Waals surface area contributed by atoms with Crippen molar-refractivity contribution in [3.8, 4) is 5.75 Å². The highest BCUT2D eigenvalue weighted by atomic mass is 32.2. The molecule has 1 fully saturated rings. The summed E-state index contributed by atoms with van der Waals surface area (Å²) < 4.78 is 45.9. The van der Waals surface area contributed by atoms with Gasteiger partial charge >= 0.3 is 0 Å². The van der Waals surface area contributed by atoms with E-state index in [1.54, 1.807) is 48.3 Å². The molecule has 2 aromatic rings. The molecule has 0 aromatic heterocycles. The molecule has 0 radical (unpaired) electrons. The van der Waals surface area contributed by atoms with Gasteiger partial charge in [0, 0.05) is 26.1 Å². The Kier molecular flexibility index (Phi) is 7.33. The van der Waals surface area contributed by atoms with Crippen LogP contribution in [-0.2, 0) is 14.8 Å². The molecule has 1 aliphatic rings. The van der Waals surface area contributed by atoms with E-state index in [0.717, 1.165) is 5.56 Å². The van der Waals surface area contributed by atoms with E-state index in [1.165, 1.54) is 16.4 Å². The minimum absolute atomic E-state index is 0.0186. The third-order valence-electron chi connectivity index (χ3n) is 5.86. The van der Waals surface area contributed by atoms with Crippen molar-refractivity contribution in [3.05, 3.63) is 59.9 Å². The second kappa shape index (κ2) is 9.78. The predicted molar refractivity (Wildman–Crippen MR) is 117 cm³/mol. The van der Waals surface area contributed by atoms with Crippen LogP contribution >= 0.6 is 0 Å². The van der Waals surface area contributed by atoms with Gasteiger partial charge in [0.05, 0.1) is 17.5 Å². The molecular formula is C23H29FN2O4S. The molecule has 3 rings (SSSR count). The van der Waals surface area contributed by atoms with Gasteiger partial charge in [0.2, 0.25) is 15.9 Å². The van der Waals surface area contributed by atoms with Crippen molar-refractivity contribution in [1.29, 1.82) is 0 Å². The number of hydrogen-bond donors (Lipinski definition) is 0. The Balaban J connectivity index is 1.61. The third-order valence-corrected chi connectivity index (χ3v) is 7.77. The summed E-state index contributed by atoms with van der Waals surface area (Å²) in [7, 11) is -1.87. The number of piperidine rings is 1. The molecule has 0 N–H and O–H groups in total. The first-order valence-corrected chi connectivity index (χ1v) is 11.9. The Morgan fingerprint density at radius 3 is 2.26 bits per heavy atom. The number of halogens is 1. The topological polar surface area (TPSA) is 66.9 Å². The van der Waals surface area contributed by atoms with Gasteiger partial charge in [0.1, 0.15) is 11.6 Å². The summed E-state index contributed by atoms with van der Waals surface area (Å²) >= 11 is 0. The van der Waals surface area contributed by atoms with Crippen LogP contribution in [0.25, 0.3) is 0 Å². The minimum atomic E-state index is -3.61. The Morgan fingerprint density at radius 1 is 1.13 bits per heavy atom. The fourth-order valence-corrected chi connectivity index (χ4v) is 5.28. The van der Waals surface area contributed by atoms with E-state index in [4.69, 9.17) is 4.74 Å². The lowest BCUT2D eigenvalue weighted by molar-refractivity contribution is -0.137. The summed E-state index contributed by atoms with van der Waals surface area (Å²) in [6, 6.07) is 12.3. The van der Waals surface area contributed by atoms with Gasteiger partial charge in [-0.3, -0.25) is 4.79 Å². The highest BCUT2D eigenvalue weighted by Crippen LogP contribution is 2.28. The van der Waals surface area contributed by atoms with Gasteiger partial charge in [-0.15, -0.1) is 0 Å². The lowest BCUT2D eigenvalue weighted by Crippen LogP contribution is -2.43. The first-order valence-electron chi connectivity index (χ1n) is 10.5. The molecule has 1 saturated heterocycles. The Morgan fingerprint density at radius 2 is 1.71 bits per heavy atom. The van der Waals surface area contributed by atoms with E-state index in [1.807, 2.05) is 13.8 Å². The van der Waals surface area contributed by atoms with Crippen LogP contribution in [0.3, 0.4) is 0 Å². The maximum absolute atomic E-state index is 13.2. The van der Waals surface area contributed by atoms with Crippen LogP contribution in [0.2, 0.25) is 0 Å². The van der Waals surface area contributed by atoms with Crippen molar-refractivity contribution in [2.75, 3.05) is 26.7 Å². The molecule has 0 bridgehead atoms. The zero-order chi connectivity index (χ0) is 22.6. The highest BCUT2D eigenvalue weighted by molar-refractivity contribution is 7.89. The number of sulfonamides is 1. The van der Waals surface area contributed by atoms with Crippen molar-refractivity contribution in [2.24, 2.45) is 5.92 Å². The lowest BCUT2D eigenvalue weighted by atomic mass is 9.95. The Labute approximate surface area is 183 Å². The fourth-order valence-electron chi connectivity index (χ4n) is 3.81. The zero-order valence-corrected chi connectivity index (χ0v) is 18.9. The van der Waals surface area contributed by atoms with Crippen molar-refractivity contribution in [3.63, 3.8) is 0 Å². The normalized spacial score (nSPS) is 16.6. The number of nitrogens with zero attached hydrogens (tertiary/aromatic N) is 2. The summed E-state index contributed by atoms with van der Waals surface area (Å²) in [5.74, 6) is 0.0599. The minimum Gasteiger partial charge on any atom is -0.494 e. The number of benzene rings is 2. The van der Waals surface area contributed by atoms with Gasteiger partial charge in [-0.25, -0.2) is 12.8 Å². The average molecular weight is 449 g/mol. The molecule has 0 saturated carbocycles. The summed E-state index contributed by atoms with van der Waals surface area (Å²) in [6.07, 6.45) is 0.936. The molecule has 1 unspecified atom stereocenters. The molecule has 0 aliphatic carbocycles. The molecule has 31 heavy (non-hydrogen) atoms. The van der Waals surface area contributed by atoms with Crippen LogP contribution in [0.4, 0.5) is 4.39 Å². The molecule has 168 valence electrons. The van der Waals surface area contributed by atoms with E-state index in [0.29, 0.717) is 38.3 Å². The number of carbonyl (C=O) groups excluding carboxylic acids is 1. The fraction of sp³-hybridized carbons (Fsp3) is 0.435. The van der Waals surface area contributed by atoms with Gasteiger partial charge in [-0.05, 0) is 68.7 Å². The van der Waals surface area contributed by atoms with Gasteiger partial charge in [0.25, 0.3) is 0 Å². The van der Waals surface area contributed by atoms with E-state index in [-0.39, 0.29) is 28.6 Å². The number of ether oxygens (including phenoxy) is 1. The SMILES string of the molecule is CCOc1ccc(S(=O)(=O)N2CCC(C(=O)N(C)C(C)c3ccc(F)cc3)CC2)cc1. The first kappa shape index (κ1) is 23.2. The van der Waals surface area contributed by atoms with E-state index in [2.05, 4.69) is 0 Å². The van der Waals surface area contributed by atoms with Crippen LogP contribution in [0, 0.1) is 11.7 Å². The second-order valence-corrected chi connectivity index (χ2v) is 9.70. The highest BCUT2D eigenvalue weighted by Gasteiger charge is 2.34. The van der Waals surface area contributed by atoms with Crippen molar-refractivity contribution in [2.45, 2.75) is 37.6 Å². The van der Waals surface area contributed by atoms with Crippen LogP contribution in [-0.4, -0.2) is 50.3 Å². The smallest absolute Gasteiger partial charge is 0.243 e. The maximum Gasteiger partial charge on any atom is 0.243 e. The second-order valence-electron chi connectivity index (χ2n) is 7.76. The quantitative estimate of drug-likeness (QED) is 0.645. The monoisotopic (exact) mass is 448 g/mol. The van der Waals surface area contributed by atoms with Crippen molar-refractivity contribution >= 4 is 15.9 Å². The van der Waals surface area contributed by atoms with Gasteiger partial charge in [-0.1, -0.05) is 12.1 Å². The standard InChI is InChI=1S/C23H29FN2O4S/c1-4-30-21-9-11-22(12-10-21)31(28,29)26-15-13-19(14-16-26)23(27)25(3)17(2)18-5-7-20(24)8-6-18/h5-12,17,19H,4,13-16H2,1-3H3. The number of amides is 1. The zero-order valence-electron chi connectivity index (χ0n) is 18.1. The Hall–Kier alpha value is -2.45. The number of carbonyl (C=O) groups is 1. The first-order chi connectivity index (χ1) is 14.7. The number of hydrogen-bond acceptors (Lipinski definition) is 4. The summed E-state index contributed by atoms with van der Waals surface area (Å²) in [6.45, 7) is 4.88. The van der Waals surface area contributed by atoms with Crippen molar-refractivity contribution in [1.82, 2.24) is 9.21 Å². The van der Waals surface area contributed by atoms with E-state index >= 15 is 0 Å². The molecule has 6 nitrogen and oxygen atoms in total. The molecule has 8 heteroatoms. The average Bonchev–Trinajstić information content (AvgIpc) is 2.79. The van der Waals surface area contributed by atoms with Gasteiger partial charge in [0.15, 0.2) is 0 Å². The molecule has 0 spiro atoms. The van der Waals surface area contributed by atoms with E-state index in [9.17, 15) is 17.6 Å². The molecule has 2 aromatic carbocycles. The van der Waals surface area contributed by atoms with Crippen LogP contribution in [0.1, 0.15) is 38.3 Å².